The normalized spacial score (nSPS) is 17.4. The quantitative estimate of drug-likeness (QED) is 0.913. The third-order valence-corrected chi connectivity index (χ3v) is 4.55. The zero-order chi connectivity index (χ0) is 13.9. The van der Waals surface area contributed by atoms with Crippen LogP contribution in [0.4, 0.5) is 10.1 Å². The van der Waals surface area contributed by atoms with Crippen LogP contribution in [-0.2, 0) is 5.75 Å². The fourth-order valence-corrected chi connectivity index (χ4v) is 3.56. The van der Waals surface area contributed by atoms with E-state index in [4.69, 9.17) is 4.74 Å². The topological polar surface area (TPSA) is 21.3 Å². The second-order valence-electron chi connectivity index (χ2n) is 4.76. The molecule has 0 aromatic heterocycles. The first-order chi connectivity index (χ1) is 9.78. The summed E-state index contributed by atoms with van der Waals surface area (Å²) in [5, 5.41) is 3.41. The summed E-state index contributed by atoms with van der Waals surface area (Å²) in [4.78, 5) is 0. The Morgan fingerprint density at radius 2 is 2.10 bits per heavy atom. The Hall–Kier alpha value is -1.68. The van der Waals surface area contributed by atoms with E-state index < -0.39 is 0 Å². The summed E-state index contributed by atoms with van der Waals surface area (Å²) < 4.78 is 18.7. The predicted octanol–water partition coefficient (Wildman–Crippen LogP) is 4.23. The summed E-state index contributed by atoms with van der Waals surface area (Å²) in [6.45, 7) is 0. The molecular weight excluding hydrogens is 273 g/mol. The van der Waals surface area contributed by atoms with Crippen molar-refractivity contribution >= 4 is 17.4 Å². The summed E-state index contributed by atoms with van der Waals surface area (Å²) in [5.74, 6) is 1.97. The van der Waals surface area contributed by atoms with Crippen molar-refractivity contribution in [2.24, 2.45) is 0 Å². The van der Waals surface area contributed by atoms with E-state index in [9.17, 15) is 4.39 Å². The predicted molar refractivity (Wildman–Crippen MR) is 81.9 cm³/mol. The monoisotopic (exact) mass is 289 g/mol. The number of hydrogen-bond donors (Lipinski definition) is 1. The lowest BCUT2D eigenvalue weighted by Crippen LogP contribution is -2.18. The Morgan fingerprint density at radius 1 is 1.25 bits per heavy atom. The van der Waals surface area contributed by atoms with Gasteiger partial charge >= 0.3 is 0 Å². The van der Waals surface area contributed by atoms with Crippen molar-refractivity contribution in [3.63, 3.8) is 0 Å². The van der Waals surface area contributed by atoms with Crippen LogP contribution in [-0.4, -0.2) is 12.9 Å². The van der Waals surface area contributed by atoms with Crippen molar-refractivity contribution in [2.75, 3.05) is 18.2 Å². The third-order valence-electron chi connectivity index (χ3n) is 3.47. The van der Waals surface area contributed by atoms with E-state index in [1.165, 1.54) is 24.3 Å². The highest BCUT2D eigenvalue weighted by molar-refractivity contribution is 7.98. The molecule has 1 unspecified atom stereocenters. The lowest BCUT2D eigenvalue weighted by atomic mass is 10.0. The van der Waals surface area contributed by atoms with E-state index in [2.05, 4.69) is 29.6 Å². The van der Waals surface area contributed by atoms with Gasteiger partial charge in [0.25, 0.3) is 0 Å². The molecule has 4 heteroatoms. The molecule has 3 rings (SSSR count). The van der Waals surface area contributed by atoms with E-state index in [0.29, 0.717) is 0 Å². The van der Waals surface area contributed by atoms with Crippen molar-refractivity contribution < 1.29 is 9.13 Å². The highest BCUT2D eigenvalue weighted by atomic mass is 32.2. The van der Waals surface area contributed by atoms with Gasteiger partial charge in [-0.2, -0.15) is 11.8 Å². The largest absolute Gasteiger partial charge is 0.494 e. The fraction of sp³-hybridized carbons (Fsp3) is 0.250. The standard InChI is InChI=1S/C16H16FNOS/c1-19-16-7-6-12(8-14(16)17)18-15-10-20-9-11-4-2-3-5-13(11)15/h2-8,15,18H,9-10H2,1H3. The van der Waals surface area contributed by atoms with E-state index in [1.807, 2.05) is 17.8 Å². The van der Waals surface area contributed by atoms with Crippen LogP contribution < -0.4 is 10.1 Å². The molecule has 0 amide bonds. The summed E-state index contributed by atoms with van der Waals surface area (Å²) in [6.07, 6.45) is 0. The van der Waals surface area contributed by atoms with E-state index in [0.717, 1.165) is 17.2 Å². The first-order valence-electron chi connectivity index (χ1n) is 6.53. The molecular formula is C16H16FNOS. The Morgan fingerprint density at radius 3 is 2.90 bits per heavy atom. The zero-order valence-corrected chi connectivity index (χ0v) is 12.0. The number of halogens is 1. The number of anilines is 1. The summed E-state index contributed by atoms with van der Waals surface area (Å²) in [5.41, 5.74) is 3.45. The van der Waals surface area contributed by atoms with Crippen LogP contribution in [0.1, 0.15) is 17.2 Å². The van der Waals surface area contributed by atoms with Crippen molar-refractivity contribution in [1.82, 2.24) is 0 Å². The van der Waals surface area contributed by atoms with Gasteiger partial charge in [0, 0.05) is 23.3 Å². The Balaban J connectivity index is 1.84. The molecule has 0 spiro atoms. The molecule has 20 heavy (non-hydrogen) atoms. The van der Waals surface area contributed by atoms with E-state index >= 15 is 0 Å². The molecule has 1 atom stereocenters. The summed E-state index contributed by atoms with van der Waals surface area (Å²) >= 11 is 1.90. The molecule has 1 heterocycles. The molecule has 1 aliphatic heterocycles. The second-order valence-corrected chi connectivity index (χ2v) is 5.79. The number of rotatable bonds is 3. The number of hydrogen-bond acceptors (Lipinski definition) is 3. The minimum atomic E-state index is -0.339. The second kappa shape index (κ2) is 5.75. The minimum Gasteiger partial charge on any atom is -0.494 e. The highest BCUT2D eigenvalue weighted by Gasteiger charge is 2.20. The van der Waals surface area contributed by atoms with Gasteiger partial charge in [-0.05, 0) is 23.3 Å². The SMILES string of the molecule is COc1ccc(NC2CSCc3ccccc32)cc1F. The van der Waals surface area contributed by atoms with Gasteiger partial charge in [0.15, 0.2) is 11.6 Å². The van der Waals surface area contributed by atoms with Crippen LogP contribution in [0.15, 0.2) is 42.5 Å². The number of fused-ring (bicyclic) bond motifs is 1. The fourth-order valence-electron chi connectivity index (χ4n) is 2.46. The highest BCUT2D eigenvalue weighted by Crippen LogP contribution is 2.34. The van der Waals surface area contributed by atoms with Crippen molar-refractivity contribution in [1.29, 1.82) is 0 Å². The first-order valence-corrected chi connectivity index (χ1v) is 7.69. The molecule has 0 radical (unpaired) electrons. The van der Waals surface area contributed by atoms with Gasteiger partial charge in [-0.25, -0.2) is 4.39 Å². The lowest BCUT2D eigenvalue weighted by molar-refractivity contribution is 0.386. The van der Waals surface area contributed by atoms with Gasteiger partial charge < -0.3 is 10.1 Å². The molecule has 0 saturated carbocycles. The molecule has 2 aromatic rings. The molecule has 1 aliphatic rings. The van der Waals surface area contributed by atoms with E-state index in [1.54, 1.807) is 6.07 Å². The van der Waals surface area contributed by atoms with Crippen molar-refractivity contribution in [2.45, 2.75) is 11.8 Å². The maximum absolute atomic E-state index is 13.7. The van der Waals surface area contributed by atoms with Crippen molar-refractivity contribution in [3.05, 3.63) is 59.4 Å². The Kier molecular flexibility index (Phi) is 3.83. The summed E-state index contributed by atoms with van der Waals surface area (Å²) in [6, 6.07) is 13.6. The minimum absolute atomic E-state index is 0.220. The van der Waals surface area contributed by atoms with Crippen LogP contribution in [0, 0.1) is 5.82 Å². The molecule has 104 valence electrons. The van der Waals surface area contributed by atoms with Gasteiger partial charge in [0.05, 0.1) is 13.2 Å². The number of thioether (sulfide) groups is 1. The molecule has 0 fully saturated rings. The van der Waals surface area contributed by atoms with Crippen molar-refractivity contribution in [3.8, 4) is 5.75 Å². The van der Waals surface area contributed by atoms with Crippen LogP contribution in [0.3, 0.4) is 0 Å². The van der Waals surface area contributed by atoms with Crippen LogP contribution in [0.2, 0.25) is 0 Å². The molecule has 1 N–H and O–H groups in total. The van der Waals surface area contributed by atoms with Gasteiger partial charge in [-0.15, -0.1) is 0 Å². The maximum Gasteiger partial charge on any atom is 0.167 e. The molecule has 2 nitrogen and oxygen atoms in total. The number of benzene rings is 2. The number of methoxy groups -OCH3 is 1. The van der Waals surface area contributed by atoms with Gasteiger partial charge in [0.2, 0.25) is 0 Å². The lowest BCUT2D eigenvalue weighted by Gasteiger charge is -2.27. The third kappa shape index (κ3) is 2.61. The maximum atomic E-state index is 13.7. The van der Waals surface area contributed by atoms with Crippen LogP contribution in [0.5, 0.6) is 5.75 Å². The molecule has 0 saturated heterocycles. The summed E-state index contributed by atoms with van der Waals surface area (Å²) in [7, 11) is 1.47. The van der Waals surface area contributed by atoms with Crippen LogP contribution in [0.25, 0.3) is 0 Å². The smallest absolute Gasteiger partial charge is 0.167 e. The molecule has 2 aromatic carbocycles. The zero-order valence-electron chi connectivity index (χ0n) is 11.2. The Bertz CT molecular complexity index is 617. The van der Waals surface area contributed by atoms with Crippen LogP contribution >= 0.6 is 11.8 Å². The Labute approximate surface area is 122 Å². The number of ether oxygens (including phenoxy) is 1. The van der Waals surface area contributed by atoms with Gasteiger partial charge in [-0.3, -0.25) is 0 Å². The van der Waals surface area contributed by atoms with Gasteiger partial charge in [-0.1, -0.05) is 24.3 Å². The van der Waals surface area contributed by atoms with Gasteiger partial charge in [0.1, 0.15) is 0 Å². The average Bonchev–Trinajstić information content (AvgIpc) is 2.48. The number of nitrogens with one attached hydrogen (secondary N) is 1. The molecule has 0 bridgehead atoms. The van der Waals surface area contributed by atoms with E-state index in [-0.39, 0.29) is 17.6 Å². The molecule has 0 aliphatic carbocycles. The average molecular weight is 289 g/mol. The first kappa shape index (κ1) is 13.3.